The van der Waals surface area contributed by atoms with E-state index in [4.69, 9.17) is 9.97 Å². The molecule has 2 aromatic carbocycles. The van der Waals surface area contributed by atoms with Crippen molar-refractivity contribution in [1.29, 1.82) is 0 Å². The van der Waals surface area contributed by atoms with E-state index < -0.39 is 0 Å². The Morgan fingerprint density at radius 1 is 0.808 bits per heavy atom. The molecule has 0 spiro atoms. The predicted molar refractivity (Wildman–Crippen MR) is 111 cm³/mol. The van der Waals surface area contributed by atoms with Crippen LogP contribution >= 0.6 is 0 Å². The second-order valence-electron chi connectivity index (χ2n) is 6.45. The molecule has 1 aromatic heterocycles. The van der Waals surface area contributed by atoms with E-state index in [0.29, 0.717) is 0 Å². The van der Waals surface area contributed by atoms with Crippen LogP contribution in [0.15, 0.2) is 72.8 Å². The topological polar surface area (TPSA) is 25.8 Å². The van der Waals surface area contributed by atoms with E-state index in [1.54, 1.807) is 0 Å². The van der Waals surface area contributed by atoms with E-state index in [1.165, 1.54) is 11.1 Å². The van der Waals surface area contributed by atoms with Gasteiger partial charge in [0.2, 0.25) is 0 Å². The van der Waals surface area contributed by atoms with E-state index in [9.17, 15) is 0 Å². The molecule has 0 saturated carbocycles. The quantitative estimate of drug-likeness (QED) is 0.513. The number of aryl methyl sites for hydroxylation is 2. The van der Waals surface area contributed by atoms with Gasteiger partial charge in [0.15, 0.2) is 5.82 Å². The van der Waals surface area contributed by atoms with E-state index in [2.05, 4.69) is 62.4 Å². The highest BCUT2D eigenvalue weighted by atomic mass is 14.9. The van der Waals surface area contributed by atoms with Crippen LogP contribution in [0.2, 0.25) is 0 Å². The standard InChI is InChI=1S/C24H24N2/c1-5-10-19(6-2)22-16-23(21-14-17(3)13-18(4)15-21)26-24(25-22)20-11-8-7-9-12-20/h5-16H,1-4H3/b10-5-,19-6+. The van der Waals surface area contributed by atoms with Gasteiger partial charge in [-0.2, -0.15) is 0 Å². The molecule has 130 valence electrons. The smallest absolute Gasteiger partial charge is 0.160 e. The molecule has 26 heavy (non-hydrogen) atoms. The zero-order valence-electron chi connectivity index (χ0n) is 15.8. The first-order chi connectivity index (χ1) is 12.6. The molecular weight excluding hydrogens is 316 g/mol. The lowest BCUT2D eigenvalue weighted by molar-refractivity contribution is 1.15. The lowest BCUT2D eigenvalue weighted by Crippen LogP contribution is -1.98. The Morgan fingerprint density at radius 3 is 2.12 bits per heavy atom. The molecule has 0 bridgehead atoms. The molecule has 3 rings (SSSR count). The lowest BCUT2D eigenvalue weighted by atomic mass is 10.0. The molecule has 0 N–H and O–H groups in total. The summed E-state index contributed by atoms with van der Waals surface area (Å²) >= 11 is 0. The maximum atomic E-state index is 4.87. The third-order valence-corrected chi connectivity index (χ3v) is 4.23. The first-order valence-electron chi connectivity index (χ1n) is 8.93. The summed E-state index contributed by atoms with van der Waals surface area (Å²) in [6, 6.07) is 18.8. The highest BCUT2D eigenvalue weighted by Crippen LogP contribution is 2.27. The van der Waals surface area contributed by atoms with Crippen molar-refractivity contribution in [2.24, 2.45) is 0 Å². The predicted octanol–water partition coefficient (Wildman–Crippen LogP) is 6.41. The van der Waals surface area contributed by atoms with Crippen LogP contribution < -0.4 is 0 Å². The van der Waals surface area contributed by atoms with Crippen molar-refractivity contribution in [3.05, 3.63) is 89.6 Å². The summed E-state index contributed by atoms with van der Waals surface area (Å²) in [5, 5.41) is 0. The van der Waals surface area contributed by atoms with Gasteiger partial charge < -0.3 is 0 Å². The number of nitrogens with zero attached hydrogens (tertiary/aromatic N) is 2. The van der Waals surface area contributed by atoms with Gasteiger partial charge >= 0.3 is 0 Å². The molecule has 0 fully saturated rings. The Bertz CT molecular complexity index is 947. The molecule has 0 atom stereocenters. The van der Waals surface area contributed by atoms with Crippen molar-refractivity contribution in [1.82, 2.24) is 9.97 Å². The van der Waals surface area contributed by atoms with Crippen LogP contribution in [0.3, 0.4) is 0 Å². The van der Waals surface area contributed by atoms with Gasteiger partial charge in [-0.1, -0.05) is 65.8 Å². The van der Waals surface area contributed by atoms with Crippen LogP contribution in [0, 0.1) is 13.8 Å². The minimum absolute atomic E-state index is 0.751. The largest absolute Gasteiger partial charge is 0.228 e. The number of hydrogen-bond donors (Lipinski definition) is 0. The number of rotatable bonds is 4. The summed E-state index contributed by atoms with van der Waals surface area (Å²) in [5.74, 6) is 0.751. The van der Waals surface area contributed by atoms with Gasteiger partial charge in [-0.3, -0.25) is 0 Å². The van der Waals surface area contributed by atoms with Crippen LogP contribution in [0.1, 0.15) is 30.7 Å². The summed E-state index contributed by atoms with van der Waals surface area (Å²) in [4.78, 5) is 9.70. The molecule has 0 aliphatic carbocycles. The van der Waals surface area contributed by atoms with E-state index in [1.807, 2.05) is 38.1 Å². The van der Waals surface area contributed by atoms with Gasteiger partial charge in [-0.15, -0.1) is 0 Å². The van der Waals surface area contributed by atoms with Crippen LogP contribution in [0.25, 0.3) is 28.2 Å². The van der Waals surface area contributed by atoms with Crippen molar-refractivity contribution >= 4 is 5.57 Å². The Labute approximate surface area is 156 Å². The molecule has 0 unspecified atom stereocenters. The molecule has 0 saturated heterocycles. The summed E-state index contributed by atoms with van der Waals surface area (Å²) < 4.78 is 0. The number of hydrogen-bond acceptors (Lipinski definition) is 2. The van der Waals surface area contributed by atoms with Crippen LogP contribution in [-0.4, -0.2) is 9.97 Å². The van der Waals surface area contributed by atoms with Gasteiger partial charge in [0.1, 0.15) is 0 Å². The molecular formula is C24H24N2. The fourth-order valence-corrected chi connectivity index (χ4v) is 3.09. The van der Waals surface area contributed by atoms with Gasteiger partial charge in [-0.05, 0) is 51.5 Å². The normalized spacial score (nSPS) is 11.9. The zero-order chi connectivity index (χ0) is 18.5. The Kier molecular flexibility index (Phi) is 5.43. The van der Waals surface area contributed by atoms with E-state index in [-0.39, 0.29) is 0 Å². The average molecular weight is 340 g/mol. The highest BCUT2D eigenvalue weighted by Gasteiger charge is 2.11. The van der Waals surface area contributed by atoms with Gasteiger partial charge in [-0.25, -0.2) is 9.97 Å². The van der Waals surface area contributed by atoms with Crippen molar-refractivity contribution in [2.45, 2.75) is 27.7 Å². The van der Waals surface area contributed by atoms with Gasteiger partial charge in [0.05, 0.1) is 11.4 Å². The third kappa shape index (κ3) is 3.97. The molecule has 3 aromatic rings. The molecule has 0 radical (unpaired) electrons. The lowest BCUT2D eigenvalue weighted by Gasteiger charge is -2.11. The maximum Gasteiger partial charge on any atom is 0.160 e. The Morgan fingerprint density at radius 2 is 1.50 bits per heavy atom. The Hall–Kier alpha value is -3.00. The van der Waals surface area contributed by atoms with E-state index in [0.717, 1.165) is 33.9 Å². The average Bonchev–Trinajstić information content (AvgIpc) is 2.65. The maximum absolute atomic E-state index is 4.87. The minimum Gasteiger partial charge on any atom is -0.228 e. The Balaban J connectivity index is 2.23. The van der Waals surface area contributed by atoms with E-state index >= 15 is 0 Å². The molecule has 1 heterocycles. The second kappa shape index (κ2) is 7.92. The van der Waals surface area contributed by atoms with Crippen molar-refractivity contribution in [2.75, 3.05) is 0 Å². The summed E-state index contributed by atoms with van der Waals surface area (Å²) in [5.41, 5.74) is 7.60. The summed E-state index contributed by atoms with van der Waals surface area (Å²) in [6.07, 6.45) is 6.21. The molecule has 2 heteroatoms. The number of benzene rings is 2. The summed E-state index contributed by atoms with van der Waals surface area (Å²) in [6.45, 7) is 8.30. The van der Waals surface area contributed by atoms with Crippen LogP contribution in [0.5, 0.6) is 0 Å². The molecule has 2 nitrogen and oxygen atoms in total. The van der Waals surface area contributed by atoms with Crippen molar-refractivity contribution in [3.63, 3.8) is 0 Å². The van der Waals surface area contributed by atoms with Crippen molar-refractivity contribution < 1.29 is 0 Å². The second-order valence-corrected chi connectivity index (χ2v) is 6.45. The monoisotopic (exact) mass is 340 g/mol. The van der Waals surface area contributed by atoms with Crippen molar-refractivity contribution in [3.8, 4) is 22.6 Å². The van der Waals surface area contributed by atoms with Gasteiger partial charge in [0, 0.05) is 11.1 Å². The number of allylic oxidation sites excluding steroid dienone is 4. The SMILES string of the molecule is C/C=C\C(=C/C)c1cc(-c2cc(C)cc(C)c2)nc(-c2ccccc2)n1. The van der Waals surface area contributed by atoms with Crippen LogP contribution in [-0.2, 0) is 0 Å². The first kappa shape index (κ1) is 17.8. The molecule has 0 aliphatic heterocycles. The fourth-order valence-electron chi connectivity index (χ4n) is 3.09. The zero-order valence-corrected chi connectivity index (χ0v) is 15.8. The van der Waals surface area contributed by atoms with Crippen LogP contribution in [0.4, 0.5) is 0 Å². The summed E-state index contributed by atoms with van der Waals surface area (Å²) in [7, 11) is 0. The minimum atomic E-state index is 0.751. The number of aromatic nitrogens is 2. The first-order valence-corrected chi connectivity index (χ1v) is 8.93. The molecule has 0 aliphatic rings. The highest BCUT2D eigenvalue weighted by molar-refractivity contribution is 5.76. The third-order valence-electron chi connectivity index (χ3n) is 4.23. The van der Waals surface area contributed by atoms with Gasteiger partial charge in [0.25, 0.3) is 0 Å². The fraction of sp³-hybridized carbons (Fsp3) is 0.167. The molecule has 0 amide bonds.